The number of hydrogen-bond donors (Lipinski definition) is 1. The number of nitrogens with zero attached hydrogens (tertiary/aromatic N) is 1. The van der Waals surface area contributed by atoms with E-state index >= 15 is 0 Å². The van der Waals surface area contributed by atoms with E-state index < -0.39 is 47.8 Å². The molecule has 1 N–H and O–H groups in total. The van der Waals surface area contributed by atoms with Gasteiger partial charge in [-0.25, -0.2) is 9.59 Å². The summed E-state index contributed by atoms with van der Waals surface area (Å²) in [6.45, 7) is 5.10. The van der Waals surface area contributed by atoms with Crippen LogP contribution in [0.3, 0.4) is 0 Å². The fourth-order valence-corrected chi connectivity index (χ4v) is 4.80. The third-order valence-corrected chi connectivity index (χ3v) is 7.72. The predicted octanol–water partition coefficient (Wildman–Crippen LogP) is 4.77. The van der Waals surface area contributed by atoms with Gasteiger partial charge in [0.05, 0.1) is 14.2 Å². The van der Waals surface area contributed by atoms with Gasteiger partial charge in [-0.3, -0.25) is 9.59 Å². The number of methoxy groups -OCH3 is 2. The van der Waals surface area contributed by atoms with Gasteiger partial charge in [-0.15, -0.1) is 0 Å². The second kappa shape index (κ2) is 14.7. The van der Waals surface area contributed by atoms with Crippen molar-refractivity contribution < 1.29 is 43.2 Å². The molecule has 1 aliphatic heterocycles. The van der Waals surface area contributed by atoms with Crippen LogP contribution in [0.5, 0.6) is 17.2 Å². The summed E-state index contributed by atoms with van der Waals surface area (Å²) < 4.78 is 22.2. The number of Topliss-reactive ketones (excluding diaryl/α,β-unsaturated/α-hetero) is 1. The molecular weight excluding hydrogens is 542 g/mol. The van der Waals surface area contributed by atoms with Gasteiger partial charge in [-0.2, -0.15) is 0 Å². The number of ether oxygens (including phenoxy) is 4. The molecule has 1 fully saturated rings. The van der Waals surface area contributed by atoms with Crippen LogP contribution in [-0.4, -0.2) is 67.0 Å². The molecule has 1 saturated heterocycles. The van der Waals surface area contributed by atoms with Crippen LogP contribution in [-0.2, 0) is 30.3 Å². The molecular formula is C32H41NO9. The van der Waals surface area contributed by atoms with Gasteiger partial charge < -0.3 is 29.0 Å². The van der Waals surface area contributed by atoms with Crippen molar-refractivity contribution in [3.05, 3.63) is 53.6 Å². The van der Waals surface area contributed by atoms with Gasteiger partial charge in [0.15, 0.2) is 18.1 Å². The molecule has 1 heterocycles. The lowest BCUT2D eigenvalue weighted by atomic mass is 9.84. The van der Waals surface area contributed by atoms with E-state index in [-0.39, 0.29) is 0 Å². The predicted molar refractivity (Wildman–Crippen MR) is 155 cm³/mol. The number of carbonyl (C=O) groups excluding carboxylic acids is 3. The van der Waals surface area contributed by atoms with Crippen molar-refractivity contribution in [2.75, 3.05) is 27.4 Å². The quantitative estimate of drug-likeness (QED) is 0.247. The maximum Gasteiger partial charge on any atom is 0.341 e. The Bertz CT molecular complexity index is 1270. The third-order valence-electron chi connectivity index (χ3n) is 7.72. The summed E-state index contributed by atoms with van der Waals surface area (Å²) in [5.74, 6) is -1.38. The van der Waals surface area contributed by atoms with Gasteiger partial charge in [0.2, 0.25) is 5.78 Å². The Hall–Kier alpha value is -4.08. The SMILES string of the molecule is CCC(C)(C)C(=O)C(=O)N1CCCC[C@H]1C(=O)OC(CCc1ccc(OC)c(OC)c1)c1cccc(OCC(=O)O)c1. The van der Waals surface area contributed by atoms with Crippen LogP contribution < -0.4 is 14.2 Å². The monoisotopic (exact) mass is 583 g/mol. The van der Waals surface area contributed by atoms with E-state index in [1.807, 2.05) is 19.1 Å². The summed E-state index contributed by atoms with van der Waals surface area (Å²) in [7, 11) is 3.11. The first kappa shape index (κ1) is 32.4. The number of hydrogen-bond acceptors (Lipinski definition) is 8. The largest absolute Gasteiger partial charge is 0.493 e. The van der Waals surface area contributed by atoms with Crippen molar-refractivity contribution in [1.82, 2.24) is 4.90 Å². The van der Waals surface area contributed by atoms with Crippen LogP contribution >= 0.6 is 0 Å². The molecule has 1 amide bonds. The van der Waals surface area contributed by atoms with Gasteiger partial charge in [0.1, 0.15) is 17.9 Å². The van der Waals surface area contributed by atoms with Crippen LogP contribution in [0.15, 0.2) is 42.5 Å². The minimum atomic E-state index is -1.11. The lowest BCUT2D eigenvalue weighted by Gasteiger charge is -2.36. The molecule has 10 heteroatoms. The molecule has 1 aliphatic rings. The number of benzene rings is 2. The summed E-state index contributed by atoms with van der Waals surface area (Å²) >= 11 is 0. The summed E-state index contributed by atoms with van der Waals surface area (Å²) in [5.41, 5.74) is 0.707. The van der Waals surface area contributed by atoms with E-state index in [9.17, 15) is 19.2 Å². The molecule has 2 aromatic rings. The summed E-state index contributed by atoms with van der Waals surface area (Å²) in [6, 6.07) is 11.4. The molecule has 0 spiro atoms. The third kappa shape index (κ3) is 8.24. The molecule has 42 heavy (non-hydrogen) atoms. The highest BCUT2D eigenvalue weighted by Crippen LogP contribution is 2.32. The van der Waals surface area contributed by atoms with Crippen LogP contribution in [0, 0.1) is 5.41 Å². The zero-order valence-electron chi connectivity index (χ0n) is 25.0. The van der Waals surface area contributed by atoms with E-state index in [1.165, 1.54) is 4.90 Å². The first-order valence-electron chi connectivity index (χ1n) is 14.2. The number of rotatable bonds is 14. The lowest BCUT2D eigenvalue weighted by Crippen LogP contribution is -2.53. The molecule has 3 rings (SSSR count). The Labute approximate surface area is 246 Å². The number of piperidine rings is 1. The molecule has 10 nitrogen and oxygen atoms in total. The summed E-state index contributed by atoms with van der Waals surface area (Å²) in [5, 5.41) is 9.01. The molecule has 228 valence electrons. The molecule has 0 aromatic heterocycles. The summed E-state index contributed by atoms with van der Waals surface area (Å²) in [6.07, 6.45) is 2.47. The number of carbonyl (C=O) groups is 4. The Morgan fingerprint density at radius 2 is 1.76 bits per heavy atom. The number of aryl methyl sites for hydroxylation is 1. The number of carboxylic acids is 1. The number of aliphatic carboxylic acids is 1. The second-order valence-electron chi connectivity index (χ2n) is 11.0. The van der Waals surface area contributed by atoms with E-state index in [1.54, 1.807) is 58.4 Å². The highest BCUT2D eigenvalue weighted by atomic mass is 16.5. The average Bonchev–Trinajstić information content (AvgIpc) is 3.01. The molecule has 0 aliphatic carbocycles. The summed E-state index contributed by atoms with van der Waals surface area (Å²) in [4.78, 5) is 52.3. The number of amides is 1. The number of esters is 1. The maximum absolute atomic E-state index is 13.7. The van der Waals surface area contributed by atoms with Crippen molar-refractivity contribution in [1.29, 1.82) is 0 Å². The van der Waals surface area contributed by atoms with E-state index in [4.69, 9.17) is 24.1 Å². The van der Waals surface area contributed by atoms with Crippen LogP contribution in [0.1, 0.15) is 70.1 Å². The standard InChI is InChI=1S/C32H41NO9/c1-6-32(2,3)29(36)30(37)33-17-8-7-12-24(33)31(38)42-25(22-10-9-11-23(19-22)41-20-28(34)35)15-13-21-14-16-26(39-4)27(18-21)40-5/h9-11,14,16,18-19,24-25H,6-8,12-13,15,17,20H2,1-5H3,(H,34,35)/t24-,25?/m0/s1. The smallest absolute Gasteiger partial charge is 0.341 e. The zero-order valence-corrected chi connectivity index (χ0v) is 25.0. The highest BCUT2D eigenvalue weighted by Gasteiger charge is 2.41. The Balaban J connectivity index is 1.87. The Morgan fingerprint density at radius 3 is 2.43 bits per heavy atom. The molecule has 2 aromatic carbocycles. The fraction of sp³-hybridized carbons (Fsp3) is 0.500. The lowest BCUT2D eigenvalue weighted by molar-refractivity contribution is -0.164. The Kier molecular flexibility index (Phi) is 11.4. The van der Waals surface area contributed by atoms with Crippen molar-refractivity contribution in [2.24, 2.45) is 5.41 Å². The van der Waals surface area contributed by atoms with Crippen LogP contribution in [0.4, 0.5) is 0 Å². The van der Waals surface area contributed by atoms with Crippen molar-refractivity contribution in [3.63, 3.8) is 0 Å². The number of likely N-dealkylation sites (tertiary alicyclic amines) is 1. The van der Waals surface area contributed by atoms with Crippen molar-refractivity contribution in [2.45, 2.75) is 71.4 Å². The first-order chi connectivity index (χ1) is 20.0. The van der Waals surface area contributed by atoms with Gasteiger partial charge in [0, 0.05) is 12.0 Å². The fourth-order valence-electron chi connectivity index (χ4n) is 4.80. The van der Waals surface area contributed by atoms with E-state index in [0.717, 1.165) is 12.0 Å². The van der Waals surface area contributed by atoms with Gasteiger partial charge >= 0.3 is 11.9 Å². The minimum Gasteiger partial charge on any atom is -0.493 e. The maximum atomic E-state index is 13.7. The van der Waals surface area contributed by atoms with Gasteiger partial charge in [0.25, 0.3) is 5.91 Å². The van der Waals surface area contributed by atoms with Crippen molar-refractivity contribution >= 4 is 23.6 Å². The normalized spacial score (nSPS) is 15.8. The van der Waals surface area contributed by atoms with Crippen LogP contribution in [0.25, 0.3) is 0 Å². The molecule has 0 saturated carbocycles. The zero-order chi connectivity index (χ0) is 30.9. The highest BCUT2D eigenvalue weighted by molar-refractivity contribution is 6.38. The number of ketones is 1. The topological polar surface area (TPSA) is 129 Å². The van der Waals surface area contributed by atoms with E-state index in [2.05, 4.69) is 0 Å². The molecule has 0 bridgehead atoms. The Morgan fingerprint density at radius 1 is 1.02 bits per heavy atom. The molecule has 1 unspecified atom stereocenters. The second-order valence-corrected chi connectivity index (χ2v) is 11.0. The minimum absolute atomic E-state index is 0.305. The van der Waals surface area contributed by atoms with Gasteiger partial charge in [-0.1, -0.05) is 39.0 Å². The van der Waals surface area contributed by atoms with Crippen molar-refractivity contribution in [3.8, 4) is 17.2 Å². The van der Waals surface area contributed by atoms with E-state index in [0.29, 0.717) is 61.5 Å². The van der Waals surface area contributed by atoms with Gasteiger partial charge in [-0.05, 0) is 73.9 Å². The molecule has 0 radical (unpaired) electrons. The van der Waals surface area contributed by atoms with Crippen LogP contribution in [0.2, 0.25) is 0 Å². The average molecular weight is 584 g/mol. The molecule has 2 atom stereocenters. The number of carboxylic acid groups (broad SMARTS) is 1. The first-order valence-corrected chi connectivity index (χ1v) is 14.2.